The molecule has 6 nitrogen and oxygen atoms in total. The van der Waals surface area contributed by atoms with Gasteiger partial charge in [0.05, 0.1) is 35.8 Å². The van der Waals surface area contributed by atoms with Gasteiger partial charge in [-0.15, -0.1) is 0 Å². The maximum atomic E-state index is 12.4. The Balaban J connectivity index is 2.10. The molecule has 1 aliphatic heterocycles. The van der Waals surface area contributed by atoms with Crippen molar-refractivity contribution in [3.8, 4) is 0 Å². The van der Waals surface area contributed by atoms with E-state index in [2.05, 4.69) is 5.10 Å². The van der Waals surface area contributed by atoms with Crippen molar-refractivity contribution in [2.24, 2.45) is 0 Å². The van der Waals surface area contributed by atoms with Crippen LogP contribution in [0.5, 0.6) is 0 Å². The van der Waals surface area contributed by atoms with Crippen LogP contribution in [0.3, 0.4) is 0 Å². The fourth-order valence-corrected chi connectivity index (χ4v) is 2.33. The number of rotatable bonds is 2. The minimum absolute atomic E-state index is 0.0632. The first-order valence-electron chi connectivity index (χ1n) is 6.60. The molecular formula is C13H22N4O2. The lowest BCUT2D eigenvalue weighted by molar-refractivity contribution is -0.144. The highest BCUT2D eigenvalue weighted by molar-refractivity contribution is 5.76. The van der Waals surface area contributed by atoms with Crippen molar-refractivity contribution < 1.29 is 9.53 Å². The summed E-state index contributed by atoms with van der Waals surface area (Å²) in [5.74, 6) is 0.0632. The van der Waals surface area contributed by atoms with Gasteiger partial charge in [0.25, 0.3) is 0 Å². The van der Waals surface area contributed by atoms with Crippen LogP contribution in [0.1, 0.15) is 25.2 Å². The van der Waals surface area contributed by atoms with Gasteiger partial charge in [0.1, 0.15) is 6.54 Å². The second-order valence-corrected chi connectivity index (χ2v) is 5.28. The first-order valence-corrected chi connectivity index (χ1v) is 6.60. The molecule has 1 aromatic rings. The lowest BCUT2D eigenvalue weighted by Gasteiger charge is -2.36. The van der Waals surface area contributed by atoms with E-state index in [1.807, 2.05) is 32.6 Å². The van der Waals surface area contributed by atoms with E-state index in [0.717, 1.165) is 11.4 Å². The number of aromatic nitrogens is 2. The number of morpholine rings is 1. The Labute approximate surface area is 113 Å². The van der Waals surface area contributed by atoms with Gasteiger partial charge in [-0.2, -0.15) is 5.10 Å². The van der Waals surface area contributed by atoms with Gasteiger partial charge in [-0.3, -0.25) is 9.48 Å². The number of nitrogens with zero attached hydrogens (tertiary/aromatic N) is 3. The molecule has 1 aliphatic rings. The van der Waals surface area contributed by atoms with Gasteiger partial charge in [-0.1, -0.05) is 0 Å². The number of hydrogen-bond donors (Lipinski definition) is 1. The van der Waals surface area contributed by atoms with Crippen molar-refractivity contribution >= 4 is 11.6 Å². The van der Waals surface area contributed by atoms with Gasteiger partial charge >= 0.3 is 0 Å². The van der Waals surface area contributed by atoms with Gasteiger partial charge in [0.15, 0.2) is 0 Å². The van der Waals surface area contributed by atoms with E-state index in [9.17, 15) is 4.79 Å². The normalized spacial score (nSPS) is 23.7. The molecule has 0 bridgehead atoms. The molecule has 0 spiro atoms. The molecule has 1 aromatic heterocycles. The molecule has 0 saturated carbocycles. The Kier molecular flexibility index (Phi) is 3.80. The highest BCUT2D eigenvalue weighted by Crippen LogP contribution is 2.16. The summed E-state index contributed by atoms with van der Waals surface area (Å²) in [4.78, 5) is 14.2. The lowest BCUT2D eigenvalue weighted by Crippen LogP contribution is -2.51. The van der Waals surface area contributed by atoms with Crippen LogP contribution in [-0.4, -0.2) is 45.9 Å². The highest BCUT2D eigenvalue weighted by Gasteiger charge is 2.28. The number of nitrogen functional groups attached to an aromatic ring is 1. The maximum Gasteiger partial charge on any atom is 0.244 e. The summed E-state index contributed by atoms with van der Waals surface area (Å²) in [7, 11) is 0. The molecule has 6 heteroatoms. The molecule has 19 heavy (non-hydrogen) atoms. The maximum absolute atomic E-state index is 12.4. The second kappa shape index (κ2) is 5.21. The molecular weight excluding hydrogens is 244 g/mol. The van der Waals surface area contributed by atoms with E-state index in [1.54, 1.807) is 4.68 Å². The largest absolute Gasteiger partial charge is 0.396 e. The number of hydrogen-bond acceptors (Lipinski definition) is 4. The van der Waals surface area contributed by atoms with E-state index in [1.165, 1.54) is 0 Å². The molecule has 2 N–H and O–H groups in total. The zero-order valence-corrected chi connectivity index (χ0v) is 12.0. The average molecular weight is 266 g/mol. The van der Waals surface area contributed by atoms with E-state index >= 15 is 0 Å². The fourth-order valence-electron chi connectivity index (χ4n) is 2.33. The Morgan fingerprint density at radius 1 is 1.47 bits per heavy atom. The summed E-state index contributed by atoms with van der Waals surface area (Å²) in [5.41, 5.74) is 8.16. The number of nitrogens with two attached hydrogens (primary N) is 1. The average Bonchev–Trinajstić information content (AvgIpc) is 2.60. The first-order chi connectivity index (χ1) is 8.90. The number of aryl methyl sites for hydroxylation is 1. The minimum Gasteiger partial charge on any atom is -0.396 e. The molecule has 0 radical (unpaired) electrons. The molecule has 2 unspecified atom stereocenters. The standard InChI is InChI=1S/C13H22N4O2/c1-8-7-19-9(2)5-16(8)12(18)6-17-11(4)13(14)10(3)15-17/h8-9H,5-7,14H2,1-4H3. The lowest BCUT2D eigenvalue weighted by atomic mass is 10.2. The highest BCUT2D eigenvalue weighted by atomic mass is 16.5. The van der Waals surface area contributed by atoms with Crippen molar-refractivity contribution in [3.63, 3.8) is 0 Å². The van der Waals surface area contributed by atoms with Crippen molar-refractivity contribution in [3.05, 3.63) is 11.4 Å². The van der Waals surface area contributed by atoms with Gasteiger partial charge in [0.2, 0.25) is 5.91 Å². The molecule has 106 valence electrons. The molecule has 2 rings (SSSR count). The molecule has 1 fully saturated rings. The number of amides is 1. The Hall–Kier alpha value is -1.56. The number of carbonyl (C=O) groups is 1. The van der Waals surface area contributed by atoms with E-state index in [4.69, 9.17) is 10.5 Å². The van der Waals surface area contributed by atoms with Crippen LogP contribution in [0, 0.1) is 13.8 Å². The van der Waals surface area contributed by atoms with Gasteiger partial charge in [-0.05, 0) is 27.7 Å². The third kappa shape index (κ3) is 2.73. The Morgan fingerprint density at radius 3 is 2.74 bits per heavy atom. The van der Waals surface area contributed by atoms with Crippen molar-refractivity contribution in [1.82, 2.24) is 14.7 Å². The summed E-state index contributed by atoms with van der Waals surface area (Å²) in [6.07, 6.45) is 0.0886. The van der Waals surface area contributed by atoms with E-state index in [0.29, 0.717) is 18.8 Å². The summed E-state index contributed by atoms with van der Waals surface area (Å²) in [6, 6.07) is 0.109. The molecule has 0 aromatic carbocycles. The zero-order valence-electron chi connectivity index (χ0n) is 12.0. The third-order valence-electron chi connectivity index (χ3n) is 3.65. The quantitative estimate of drug-likeness (QED) is 0.856. The third-order valence-corrected chi connectivity index (χ3v) is 3.65. The first kappa shape index (κ1) is 13.9. The fraction of sp³-hybridized carbons (Fsp3) is 0.692. The van der Waals surface area contributed by atoms with Gasteiger partial charge < -0.3 is 15.4 Å². The van der Waals surface area contributed by atoms with E-state index < -0.39 is 0 Å². The zero-order chi connectivity index (χ0) is 14.2. The minimum atomic E-state index is 0.0632. The number of carbonyl (C=O) groups excluding carboxylic acids is 1. The summed E-state index contributed by atoms with van der Waals surface area (Å²) in [6.45, 7) is 9.17. The van der Waals surface area contributed by atoms with Crippen LogP contribution in [0.15, 0.2) is 0 Å². The molecule has 2 heterocycles. The van der Waals surface area contributed by atoms with Crippen LogP contribution in [-0.2, 0) is 16.1 Å². The molecule has 0 aliphatic carbocycles. The SMILES string of the molecule is Cc1nn(CC(=O)N2CC(C)OCC2C)c(C)c1N. The predicted molar refractivity (Wildman–Crippen MR) is 72.7 cm³/mol. The monoisotopic (exact) mass is 266 g/mol. The van der Waals surface area contributed by atoms with Crippen LogP contribution >= 0.6 is 0 Å². The Bertz CT molecular complexity index is 483. The van der Waals surface area contributed by atoms with Crippen molar-refractivity contribution in [2.75, 3.05) is 18.9 Å². The van der Waals surface area contributed by atoms with Crippen molar-refractivity contribution in [2.45, 2.75) is 46.4 Å². The van der Waals surface area contributed by atoms with Gasteiger partial charge in [-0.25, -0.2) is 0 Å². The topological polar surface area (TPSA) is 73.4 Å². The predicted octanol–water partition coefficient (Wildman–Crippen LogP) is 0.718. The molecule has 2 atom stereocenters. The smallest absolute Gasteiger partial charge is 0.244 e. The summed E-state index contributed by atoms with van der Waals surface area (Å²) >= 11 is 0. The number of anilines is 1. The second-order valence-electron chi connectivity index (χ2n) is 5.28. The van der Waals surface area contributed by atoms with Crippen molar-refractivity contribution in [1.29, 1.82) is 0 Å². The number of ether oxygens (including phenoxy) is 1. The van der Waals surface area contributed by atoms with Crippen LogP contribution < -0.4 is 5.73 Å². The summed E-state index contributed by atoms with van der Waals surface area (Å²) < 4.78 is 7.21. The Morgan fingerprint density at radius 2 is 2.16 bits per heavy atom. The van der Waals surface area contributed by atoms with Crippen LogP contribution in [0.25, 0.3) is 0 Å². The molecule has 1 amide bonds. The van der Waals surface area contributed by atoms with Gasteiger partial charge in [0, 0.05) is 6.54 Å². The van der Waals surface area contributed by atoms with E-state index in [-0.39, 0.29) is 24.6 Å². The molecule has 1 saturated heterocycles. The van der Waals surface area contributed by atoms with Crippen LogP contribution in [0.4, 0.5) is 5.69 Å². The van der Waals surface area contributed by atoms with Crippen LogP contribution in [0.2, 0.25) is 0 Å². The summed E-state index contributed by atoms with van der Waals surface area (Å²) in [5, 5.41) is 4.30.